The molecule has 0 aliphatic rings. The lowest BCUT2D eigenvalue weighted by atomic mass is 10.1. The second kappa shape index (κ2) is 13.0. The van der Waals surface area contributed by atoms with Crippen LogP contribution in [0.1, 0.15) is 28.4 Å². The van der Waals surface area contributed by atoms with Crippen molar-refractivity contribution in [2.24, 2.45) is 4.99 Å². The van der Waals surface area contributed by atoms with E-state index in [9.17, 15) is 18.0 Å². The SMILES string of the molecule is CCNC(=NCc1cccc(C(=O)NC)c1)NCc1ccc(OCC(F)(F)F)cc1.I. The van der Waals surface area contributed by atoms with E-state index < -0.39 is 12.8 Å². The Morgan fingerprint density at radius 3 is 2.39 bits per heavy atom. The zero-order valence-corrected chi connectivity index (χ0v) is 19.6. The van der Waals surface area contributed by atoms with E-state index in [0.29, 0.717) is 31.2 Å². The van der Waals surface area contributed by atoms with Gasteiger partial charge >= 0.3 is 6.18 Å². The van der Waals surface area contributed by atoms with Crippen molar-refractivity contribution in [2.75, 3.05) is 20.2 Å². The Labute approximate surface area is 196 Å². The summed E-state index contributed by atoms with van der Waals surface area (Å²) in [5.41, 5.74) is 2.32. The highest BCUT2D eigenvalue weighted by molar-refractivity contribution is 14.0. The predicted molar refractivity (Wildman–Crippen MR) is 125 cm³/mol. The number of ether oxygens (including phenoxy) is 1. The second-order valence-electron chi connectivity index (χ2n) is 6.38. The molecule has 3 N–H and O–H groups in total. The van der Waals surface area contributed by atoms with Gasteiger partial charge in [-0.05, 0) is 42.3 Å². The molecule has 0 heterocycles. The lowest BCUT2D eigenvalue weighted by Crippen LogP contribution is -2.36. The molecular formula is C21H26F3IN4O2. The molecule has 0 bridgehead atoms. The summed E-state index contributed by atoms with van der Waals surface area (Å²) in [5, 5.41) is 8.89. The number of guanidine groups is 1. The Hall–Kier alpha value is -2.50. The molecule has 6 nitrogen and oxygen atoms in total. The number of nitrogens with zero attached hydrogens (tertiary/aromatic N) is 1. The molecule has 0 aromatic heterocycles. The van der Waals surface area contributed by atoms with E-state index >= 15 is 0 Å². The van der Waals surface area contributed by atoms with E-state index in [0.717, 1.165) is 11.1 Å². The van der Waals surface area contributed by atoms with E-state index in [2.05, 4.69) is 20.9 Å². The average Bonchev–Trinajstić information content (AvgIpc) is 2.74. The van der Waals surface area contributed by atoms with E-state index in [1.165, 1.54) is 12.1 Å². The highest BCUT2D eigenvalue weighted by atomic mass is 127. The van der Waals surface area contributed by atoms with Crippen LogP contribution in [0.5, 0.6) is 5.75 Å². The molecule has 0 radical (unpaired) electrons. The third kappa shape index (κ3) is 9.90. The number of aliphatic imine (C=N–C) groups is 1. The molecule has 1 amide bonds. The molecule has 0 saturated carbocycles. The summed E-state index contributed by atoms with van der Waals surface area (Å²) >= 11 is 0. The molecule has 10 heteroatoms. The second-order valence-corrected chi connectivity index (χ2v) is 6.38. The van der Waals surface area contributed by atoms with Crippen LogP contribution >= 0.6 is 24.0 Å². The van der Waals surface area contributed by atoms with E-state index in [1.54, 1.807) is 37.4 Å². The van der Waals surface area contributed by atoms with Gasteiger partial charge in [0.05, 0.1) is 6.54 Å². The van der Waals surface area contributed by atoms with Gasteiger partial charge in [-0.25, -0.2) is 4.99 Å². The Bertz CT molecular complexity index is 858. The largest absolute Gasteiger partial charge is 0.484 e. The van der Waals surface area contributed by atoms with Gasteiger partial charge in [-0.1, -0.05) is 24.3 Å². The lowest BCUT2D eigenvalue weighted by molar-refractivity contribution is -0.153. The van der Waals surface area contributed by atoms with Crippen molar-refractivity contribution in [2.45, 2.75) is 26.2 Å². The molecule has 0 fully saturated rings. The molecule has 0 unspecified atom stereocenters. The third-order valence-corrected chi connectivity index (χ3v) is 3.97. The van der Waals surface area contributed by atoms with E-state index in [1.807, 2.05) is 13.0 Å². The van der Waals surface area contributed by atoms with Crippen LogP contribution in [0.25, 0.3) is 0 Å². The van der Waals surface area contributed by atoms with E-state index in [-0.39, 0.29) is 35.6 Å². The first-order chi connectivity index (χ1) is 14.3. The fourth-order valence-electron chi connectivity index (χ4n) is 2.52. The molecule has 31 heavy (non-hydrogen) atoms. The van der Waals surface area contributed by atoms with Crippen LogP contribution in [-0.4, -0.2) is 38.2 Å². The van der Waals surface area contributed by atoms with Crippen molar-refractivity contribution < 1.29 is 22.7 Å². The fraction of sp³-hybridized carbons (Fsp3) is 0.333. The Morgan fingerprint density at radius 2 is 1.77 bits per heavy atom. The van der Waals surface area contributed by atoms with Crippen LogP contribution in [0.4, 0.5) is 13.2 Å². The number of hydrogen-bond acceptors (Lipinski definition) is 3. The minimum atomic E-state index is -4.36. The predicted octanol–water partition coefficient (Wildman–Crippen LogP) is 3.86. The smallest absolute Gasteiger partial charge is 0.422 e. The quantitative estimate of drug-likeness (QED) is 0.265. The summed E-state index contributed by atoms with van der Waals surface area (Å²) in [6.07, 6.45) is -4.36. The number of alkyl halides is 3. The highest BCUT2D eigenvalue weighted by Crippen LogP contribution is 2.18. The maximum absolute atomic E-state index is 12.2. The van der Waals surface area contributed by atoms with Crippen molar-refractivity contribution >= 4 is 35.8 Å². The standard InChI is InChI=1S/C21H25F3N4O2.HI/c1-3-26-20(28-13-16-5-4-6-17(11-16)19(29)25-2)27-12-15-7-9-18(10-8-15)30-14-21(22,23)24;/h4-11H,3,12-14H2,1-2H3,(H,25,29)(H2,26,27,28);1H. The minimum absolute atomic E-state index is 0. The molecular weight excluding hydrogens is 524 g/mol. The van der Waals surface area contributed by atoms with Gasteiger partial charge in [-0.3, -0.25) is 4.79 Å². The zero-order valence-electron chi connectivity index (χ0n) is 17.3. The molecule has 0 aliphatic heterocycles. The van der Waals surface area contributed by atoms with Gasteiger partial charge in [0.2, 0.25) is 0 Å². The highest BCUT2D eigenvalue weighted by Gasteiger charge is 2.28. The van der Waals surface area contributed by atoms with Gasteiger partial charge in [0.1, 0.15) is 5.75 Å². The number of carbonyl (C=O) groups excluding carboxylic acids is 1. The van der Waals surface area contributed by atoms with Crippen LogP contribution in [-0.2, 0) is 13.1 Å². The van der Waals surface area contributed by atoms with Gasteiger partial charge in [-0.2, -0.15) is 13.2 Å². The van der Waals surface area contributed by atoms with Crippen molar-refractivity contribution in [1.29, 1.82) is 0 Å². The number of halogens is 4. The van der Waals surface area contributed by atoms with Crippen LogP contribution in [0.15, 0.2) is 53.5 Å². The maximum Gasteiger partial charge on any atom is 0.422 e. The van der Waals surface area contributed by atoms with Crippen molar-refractivity contribution in [3.63, 3.8) is 0 Å². The van der Waals surface area contributed by atoms with Gasteiger partial charge in [0.25, 0.3) is 5.91 Å². The summed E-state index contributed by atoms with van der Waals surface area (Å²) in [5.74, 6) is 0.585. The van der Waals surface area contributed by atoms with Gasteiger partial charge < -0.3 is 20.7 Å². The van der Waals surface area contributed by atoms with Gasteiger partial charge in [0, 0.05) is 25.7 Å². The number of carbonyl (C=O) groups is 1. The first-order valence-electron chi connectivity index (χ1n) is 9.42. The molecule has 0 atom stereocenters. The number of benzene rings is 2. The summed E-state index contributed by atoms with van der Waals surface area (Å²) in [6, 6.07) is 13.6. The van der Waals surface area contributed by atoms with Crippen LogP contribution in [0.2, 0.25) is 0 Å². The molecule has 0 spiro atoms. The molecule has 0 aliphatic carbocycles. The maximum atomic E-state index is 12.2. The topological polar surface area (TPSA) is 74.8 Å². The number of rotatable bonds is 8. The average molecular weight is 550 g/mol. The minimum Gasteiger partial charge on any atom is -0.484 e. The number of amides is 1. The molecule has 2 rings (SSSR count). The van der Waals surface area contributed by atoms with Crippen molar-refractivity contribution in [1.82, 2.24) is 16.0 Å². The Kier molecular flexibility index (Phi) is 11.2. The zero-order chi connectivity index (χ0) is 22.0. The van der Waals surface area contributed by atoms with Crippen LogP contribution in [0.3, 0.4) is 0 Å². The number of nitrogens with one attached hydrogen (secondary N) is 3. The van der Waals surface area contributed by atoms with Crippen LogP contribution < -0.4 is 20.7 Å². The summed E-state index contributed by atoms with van der Waals surface area (Å²) < 4.78 is 41.3. The number of hydrogen-bond donors (Lipinski definition) is 3. The van der Waals surface area contributed by atoms with Crippen LogP contribution in [0, 0.1) is 0 Å². The first-order valence-corrected chi connectivity index (χ1v) is 9.42. The molecule has 2 aromatic carbocycles. The monoisotopic (exact) mass is 550 g/mol. The Morgan fingerprint density at radius 1 is 1.06 bits per heavy atom. The Balaban J connectivity index is 0.00000480. The van der Waals surface area contributed by atoms with Gasteiger partial charge in [-0.15, -0.1) is 24.0 Å². The first kappa shape index (κ1) is 26.5. The van der Waals surface area contributed by atoms with Crippen molar-refractivity contribution in [3.05, 3.63) is 65.2 Å². The fourth-order valence-corrected chi connectivity index (χ4v) is 2.52. The molecule has 170 valence electrons. The lowest BCUT2D eigenvalue weighted by Gasteiger charge is -2.12. The van der Waals surface area contributed by atoms with E-state index in [4.69, 9.17) is 4.74 Å². The summed E-state index contributed by atoms with van der Waals surface area (Å²) in [7, 11) is 1.58. The molecule has 0 saturated heterocycles. The van der Waals surface area contributed by atoms with Crippen molar-refractivity contribution in [3.8, 4) is 5.75 Å². The normalized spacial score (nSPS) is 11.3. The van der Waals surface area contributed by atoms with Gasteiger partial charge in [0.15, 0.2) is 12.6 Å². The summed E-state index contributed by atoms with van der Waals surface area (Å²) in [4.78, 5) is 16.3. The molecule has 2 aromatic rings. The third-order valence-electron chi connectivity index (χ3n) is 3.97. The summed E-state index contributed by atoms with van der Waals surface area (Å²) in [6.45, 7) is 2.10.